The predicted molar refractivity (Wildman–Crippen MR) is 50.7 cm³/mol. The second kappa shape index (κ2) is 4.74. The first-order chi connectivity index (χ1) is 8.78. The summed E-state index contributed by atoms with van der Waals surface area (Å²) < 4.78 is 112. The van der Waals surface area contributed by atoms with Gasteiger partial charge in [0.25, 0.3) is 0 Å². The van der Waals surface area contributed by atoms with Gasteiger partial charge in [-0.1, -0.05) is 6.07 Å². The molecule has 0 aliphatic carbocycles. The molecule has 2 N–H and O–H groups in total. The molecule has 20 heavy (non-hydrogen) atoms. The number of alkyl halides is 9. The van der Waals surface area contributed by atoms with Gasteiger partial charge in [-0.15, -0.1) is 0 Å². The smallest absolute Gasteiger partial charge is 0.398 e. The maximum atomic E-state index is 13.2. The lowest BCUT2D eigenvalue weighted by molar-refractivity contribution is -0.305. The molecule has 1 nitrogen and oxygen atoms in total. The van der Waals surface area contributed by atoms with Gasteiger partial charge >= 0.3 is 18.3 Å². The van der Waals surface area contributed by atoms with Gasteiger partial charge in [0.2, 0.25) is 0 Å². The number of hydrogen-bond acceptors (Lipinski definition) is 1. The highest BCUT2D eigenvalue weighted by Crippen LogP contribution is 2.47. The third kappa shape index (κ3) is 2.93. The molecule has 0 saturated heterocycles. The van der Waals surface area contributed by atoms with Crippen LogP contribution in [0.4, 0.5) is 45.2 Å². The van der Waals surface area contributed by atoms with E-state index in [9.17, 15) is 39.5 Å². The summed E-state index contributed by atoms with van der Waals surface area (Å²) >= 11 is 0. The van der Waals surface area contributed by atoms with E-state index in [2.05, 4.69) is 0 Å². The largest absolute Gasteiger partial charge is 0.456 e. The molecular weight excluding hydrogens is 305 g/mol. The van der Waals surface area contributed by atoms with Crippen LogP contribution in [0, 0.1) is 0 Å². The van der Waals surface area contributed by atoms with Crippen molar-refractivity contribution in [2.75, 3.05) is 5.73 Å². The highest BCUT2D eigenvalue weighted by Gasteiger charge is 2.63. The first-order valence-electron chi connectivity index (χ1n) is 4.83. The quantitative estimate of drug-likeness (QED) is 0.632. The van der Waals surface area contributed by atoms with Gasteiger partial charge in [-0.05, 0) is 17.7 Å². The molecule has 0 heterocycles. The molecule has 0 aromatic heterocycles. The van der Waals surface area contributed by atoms with Crippen molar-refractivity contribution in [3.63, 3.8) is 0 Å². The van der Waals surface area contributed by atoms with E-state index in [1.165, 1.54) is 0 Å². The van der Waals surface area contributed by atoms with E-state index >= 15 is 0 Å². The first kappa shape index (κ1) is 16.4. The summed E-state index contributed by atoms with van der Waals surface area (Å²) in [4.78, 5) is 0. The normalized spacial score (nSPS) is 15.2. The number of benzene rings is 1. The van der Waals surface area contributed by atoms with Crippen LogP contribution in [-0.4, -0.2) is 12.1 Å². The Labute approximate surface area is 106 Å². The van der Waals surface area contributed by atoms with Crippen LogP contribution in [0.1, 0.15) is 17.3 Å². The molecule has 1 aromatic carbocycles. The molecule has 0 radical (unpaired) electrons. The maximum absolute atomic E-state index is 13.2. The zero-order valence-electron chi connectivity index (χ0n) is 9.29. The minimum atomic E-state index is -6.23. The molecule has 0 saturated carbocycles. The van der Waals surface area contributed by atoms with Crippen molar-refractivity contribution < 1.29 is 39.5 Å². The van der Waals surface area contributed by atoms with Crippen LogP contribution in [0.2, 0.25) is 0 Å². The summed E-state index contributed by atoms with van der Waals surface area (Å²) in [7, 11) is 0. The standard InChI is InChI=1S/C10H6F9N/c11-7(8(12,13)10(17,18)19)4-1-2-6(20)5(3-4)9(14,15)16/h1-3,7H,20H2. The van der Waals surface area contributed by atoms with E-state index in [0.717, 1.165) is 0 Å². The van der Waals surface area contributed by atoms with Crippen molar-refractivity contribution in [2.24, 2.45) is 0 Å². The molecular formula is C10H6F9N. The number of rotatable bonds is 2. The maximum Gasteiger partial charge on any atom is 0.456 e. The van der Waals surface area contributed by atoms with Crippen molar-refractivity contribution in [3.05, 3.63) is 29.3 Å². The summed E-state index contributed by atoms with van der Waals surface area (Å²) in [6.07, 6.45) is -15.3. The lowest BCUT2D eigenvalue weighted by atomic mass is 10.0. The zero-order chi connectivity index (χ0) is 15.9. The van der Waals surface area contributed by atoms with E-state index < -0.39 is 41.3 Å². The number of anilines is 1. The van der Waals surface area contributed by atoms with Crippen molar-refractivity contribution in [3.8, 4) is 0 Å². The van der Waals surface area contributed by atoms with E-state index in [-0.39, 0.29) is 6.07 Å². The minimum Gasteiger partial charge on any atom is -0.398 e. The fourth-order valence-electron chi connectivity index (χ4n) is 1.33. The van der Waals surface area contributed by atoms with Crippen LogP contribution in [-0.2, 0) is 6.18 Å². The van der Waals surface area contributed by atoms with Crippen LogP contribution >= 0.6 is 0 Å². The highest BCUT2D eigenvalue weighted by molar-refractivity contribution is 5.50. The Bertz CT molecular complexity index is 488. The average Bonchev–Trinajstić information content (AvgIpc) is 2.25. The van der Waals surface area contributed by atoms with Crippen molar-refractivity contribution in [2.45, 2.75) is 24.4 Å². The van der Waals surface area contributed by atoms with Crippen LogP contribution in [0.5, 0.6) is 0 Å². The van der Waals surface area contributed by atoms with Gasteiger partial charge in [-0.2, -0.15) is 35.1 Å². The number of halogens is 9. The molecule has 114 valence electrons. The van der Waals surface area contributed by atoms with Gasteiger partial charge in [0.05, 0.1) is 5.56 Å². The highest BCUT2D eigenvalue weighted by atomic mass is 19.4. The fraction of sp³-hybridized carbons (Fsp3) is 0.400. The Kier molecular flexibility index (Phi) is 3.90. The van der Waals surface area contributed by atoms with Crippen LogP contribution in [0.15, 0.2) is 18.2 Å². The van der Waals surface area contributed by atoms with Crippen LogP contribution in [0.25, 0.3) is 0 Å². The second-order valence-corrected chi connectivity index (χ2v) is 3.83. The summed E-state index contributed by atoms with van der Waals surface area (Å²) in [6.45, 7) is 0. The van der Waals surface area contributed by atoms with Gasteiger partial charge in [0.1, 0.15) is 0 Å². The SMILES string of the molecule is Nc1ccc(C(F)C(F)(F)C(F)(F)F)cc1C(F)(F)F. The van der Waals surface area contributed by atoms with Crippen molar-refractivity contribution in [1.29, 1.82) is 0 Å². The molecule has 1 aromatic rings. The van der Waals surface area contributed by atoms with Gasteiger partial charge in [0.15, 0.2) is 6.17 Å². The van der Waals surface area contributed by atoms with E-state index in [1.54, 1.807) is 0 Å². The Balaban J connectivity index is 3.29. The predicted octanol–water partition coefficient (Wildman–Crippen LogP) is 4.50. The number of nitrogen functional groups attached to an aromatic ring is 1. The molecule has 1 unspecified atom stereocenters. The summed E-state index contributed by atoms with van der Waals surface area (Å²) in [5, 5.41) is 0. The molecule has 0 aliphatic heterocycles. The van der Waals surface area contributed by atoms with Crippen molar-refractivity contribution in [1.82, 2.24) is 0 Å². The van der Waals surface area contributed by atoms with E-state index in [1.807, 2.05) is 0 Å². The molecule has 0 bridgehead atoms. The summed E-state index contributed by atoms with van der Waals surface area (Å²) in [5.41, 5.74) is 0.857. The first-order valence-corrected chi connectivity index (χ1v) is 4.83. The Morgan fingerprint density at radius 2 is 1.40 bits per heavy atom. The Hall–Kier alpha value is -1.61. The van der Waals surface area contributed by atoms with Gasteiger partial charge < -0.3 is 5.73 Å². The lowest BCUT2D eigenvalue weighted by Crippen LogP contribution is -2.40. The third-order valence-electron chi connectivity index (χ3n) is 2.37. The molecule has 0 fully saturated rings. The zero-order valence-corrected chi connectivity index (χ0v) is 9.29. The molecule has 1 rings (SSSR count). The summed E-state index contributed by atoms with van der Waals surface area (Å²) in [6, 6.07) is 0.589. The van der Waals surface area contributed by atoms with Crippen LogP contribution < -0.4 is 5.73 Å². The topological polar surface area (TPSA) is 26.0 Å². The monoisotopic (exact) mass is 311 g/mol. The molecule has 0 aliphatic rings. The number of hydrogen-bond donors (Lipinski definition) is 1. The molecule has 10 heteroatoms. The van der Waals surface area contributed by atoms with Crippen molar-refractivity contribution >= 4 is 5.69 Å². The second-order valence-electron chi connectivity index (χ2n) is 3.83. The Morgan fingerprint density at radius 1 is 0.900 bits per heavy atom. The number of nitrogens with two attached hydrogens (primary N) is 1. The average molecular weight is 311 g/mol. The molecule has 1 atom stereocenters. The molecule has 0 spiro atoms. The van der Waals surface area contributed by atoms with E-state index in [0.29, 0.717) is 12.1 Å². The van der Waals surface area contributed by atoms with Gasteiger partial charge in [-0.3, -0.25) is 0 Å². The van der Waals surface area contributed by atoms with Gasteiger partial charge in [-0.25, -0.2) is 4.39 Å². The summed E-state index contributed by atoms with van der Waals surface area (Å²) in [5.74, 6) is -5.81. The fourth-order valence-corrected chi connectivity index (χ4v) is 1.33. The van der Waals surface area contributed by atoms with Crippen LogP contribution in [0.3, 0.4) is 0 Å². The lowest BCUT2D eigenvalue weighted by Gasteiger charge is -2.24. The minimum absolute atomic E-state index is 0.167. The van der Waals surface area contributed by atoms with Gasteiger partial charge in [0, 0.05) is 5.69 Å². The molecule has 0 amide bonds. The van der Waals surface area contributed by atoms with E-state index in [4.69, 9.17) is 5.73 Å². The Morgan fingerprint density at radius 3 is 1.80 bits per heavy atom. The third-order valence-corrected chi connectivity index (χ3v) is 2.37.